The molecule has 4 N–H and O–H groups in total. The van der Waals surface area contributed by atoms with Gasteiger partial charge in [-0.25, -0.2) is 24.9 Å². The van der Waals surface area contributed by atoms with Crippen LogP contribution in [0.1, 0.15) is 66.5 Å². The zero-order chi connectivity index (χ0) is 32.1. The lowest BCUT2D eigenvalue weighted by Crippen LogP contribution is -2.18. The number of imidazole rings is 2. The predicted octanol–water partition coefficient (Wildman–Crippen LogP) is 2.49. The van der Waals surface area contributed by atoms with Crippen molar-refractivity contribution in [2.45, 2.75) is 34.6 Å². The average molecular weight is 608 g/mol. The first-order chi connectivity index (χ1) is 20.9. The number of aromatic nitrogens is 9. The summed E-state index contributed by atoms with van der Waals surface area (Å²) in [5.74, 6) is 8.06. The van der Waals surface area contributed by atoms with Crippen LogP contribution < -0.4 is 11.5 Å². The highest BCUT2D eigenvalue weighted by molar-refractivity contribution is 6.30. The molecule has 0 saturated carbocycles. The van der Waals surface area contributed by atoms with Crippen LogP contribution in [0.25, 0.3) is 11.6 Å². The summed E-state index contributed by atoms with van der Waals surface area (Å²) in [6.07, 6.45) is 13.2. The number of nitrogens with zero attached hydrogens (tertiary/aromatic N) is 9. The second-order valence-electron chi connectivity index (χ2n) is 9.34. The minimum absolute atomic E-state index is 0.0504. The van der Waals surface area contributed by atoms with Crippen LogP contribution >= 0.6 is 11.6 Å². The third kappa shape index (κ3) is 6.43. The molecule has 0 radical (unpaired) electrons. The van der Waals surface area contributed by atoms with Crippen LogP contribution in [0.4, 0.5) is 0 Å². The molecule has 0 aromatic carbocycles. The van der Waals surface area contributed by atoms with Gasteiger partial charge in [0.15, 0.2) is 11.6 Å². The zero-order valence-corrected chi connectivity index (χ0v) is 25.2. The number of carbonyl (C=O) groups excluding carboxylic acids is 2. The van der Waals surface area contributed by atoms with Gasteiger partial charge in [0.05, 0.1) is 47.6 Å². The standard InChI is InChI=1S/C18H15ClN6O.C12H11N5O/c1-10-8-23-15(9-22-10)25-12(3)14(24-18(25)17(20)26)5-4-13-6-7-21-16(19)11(13)2;1-4-9-8(3)17(12(16-9)11(13)18)10-6-14-7(2)5-15-10/h6-9H,1-3H3,(H2,20,26);1,5-6H,2-3H3,(H2,13,18). The van der Waals surface area contributed by atoms with Gasteiger partial charge in [-0.3, -0.25) is 28.7 Å². The number of rotatable bonds is 4. The van der Waals surface area contributed by atoms with Gasteiger partial charge < -0.3 is 11.5 Å². The number of aryl methyl sites for hydroxylation is 2. The van der Waals surface area contributed by atoms with Crippen molar-refractivity contribution >= 4 is 23.4 Å². The lowest BCUT2D eigenvalue weighted by atomic mass is 10.1. The van der Waals surface area contributed by atoms with E-state index in [1.165, 1.54) is 10.8 Å². The average Bonchev–Trinajstić information content (AvgIpc) is 3.51. The van der Waals surface area contributed by atoms with E-state index >= 15 is 0 Å². The van der Waals surface area contributed by atoms with Crippen LogP contribution in [0.3, 0.4) is 0 Å². The molecule has 5 rings (SSSR count). The highest BCUT2D eigenvalue weighted by atomic mass is 35.5. The van der Waals surface area contributed by atoms with E-state index in [0.29, 0.717) is 39.6 Å². The predicted molar refractivity (Wildman–Crippen MR) is 162 cm³/mol. The highest BCUT2D eigenvalue weighted by Crippen LogP contribution is 2.18. The van der Waals surface area contributed by atoms with Gasteiger partial charge in [0.2, 0.25) is 11.6 Å². The Morgan fingerprint density at radius 3 is 1.70 bits per heavy atom. The van der Waals surface area contributed by atoms with Crippen LogP contribution in [0.15, 0.2) is 37.1 Å². The third-order valence-electron chi connectivity index (χ3n) is 6.24. The van der Waals surface area contributed by atoms with Crippen molar-refractivity contribution in [2.24, 2.45) is 11.5 Å². The molecule has 0 saturated heterocycles. The largest absolute Gasteiger partial charge is 0.363 e. The number of carbonyl (C=O) groups is 2. The topological polar surface area (TPSA) is 186 Å². The van der Waals surface area contributed by atoms with E-state index < -0.39 is 11.8 Å². The van der Waals surface area contributed by atoms with E-state index in [0.717, 1.165) is 22.5 Å². The molecule has 0 bridgehead atoms. The second kappa shape index (κ2) is 12.9. The quantitative estimate of drug-likeness (QED) is 0.228. The van der Waals surface area contributed by atoms with Crippen LogP contribution in [-0.4, -0.2) is 55.8 Å². The molecule has 220 valence electrons. The maximum Gasteiger partial charge on any atom is 0.285 e. The molecule has 0 spiro atoms. The first-order valence-electron chi connectivity index (χ1n) is 12.9. The van der Waals surface area contributed by atoms with Crippen molar-refractivity contribution in [3.63, 3.8) is 0 Å². The van der Waals surface area contributed by atoms with Crippen LogP contribution in [0.5, 0.6) is 0 Å². The number of hydrogen-bond donors (Lipinski definition) is 2. The number of nitrogens with two attached hydrogens (primary N) is 2. The molecular weight excluding hydrogens is 582 g/mol. The molecule has 5 heterocycles. The minimum atomic E-state index is -0.674. The number of halogens is 1. The van der Waals surface area contributed by atoms with Gasteiger partial charge in [0, 0.05) is 17.3 Å². The monoisotopic (exact) mass is 607 g/mol. The molecule has 0 fully saturated rings. The van der Waals surface area contributed by atoms with Crippen LogP contribution in [0, 0.1) is 58.8 Å². The first kappa shape index (κ1) is 31.0. The fraction of sp³-hybridized carbons (Fsp3) is 0.167. The minimum Gasteiger partial charge on any atom is -0.363 e. The number of hydrogen-bond acceptors (Lipinski definition) is 9. The van der Waals surface area contributed by atoms with E-state index in [-0.39, 0.29) is 11.6 Å². The molecular formula is C30H26ClN11O2. The van der Waals surface area contributed by atoms with E-state index in [4.69, 9.17) is 29.5 Å². The van der Waals surface area contributed by atoms with Gasteiger partial charge in [-0.15, -0.1) is 6.42 Å². The Bertz CT molecular complexity index is 1990. The Kier molecular flexibility index (Phi) is 9.12. The smallest absolute Gasteiger partial charge is 0.285 e. The Morgan fingerprint density at radius 2 is 1.25 bits per heavy atom. The molecule has 0 aliphatic carbocycles. The van der Waals surface area contributed by atoms with Crippen molar-refractivity contribution in [1.82, 2.24) is 44.0 Å². The first-order valence-corrected chi connectivity index (χ1v) is 13.3. The lowest BCUT2D eigenvalue weighted by Gasteiger charge is -2.06. The summed E-state index contributed by atoms with van der Waals surface area (Å²) in [5.41, 5.74) is 15.9. The molecule has 13 nitrogen and oxygen atoms in total. The molecule has 2 amide bonds. The fourth-order valence-electron chi connectivity index (χ4n) is 3.92. The molecule has 0 aliphatic rings. The van der Waals surface area contributed by atoms with E-state index in [1.807, 2.05) is 20.8 Å². The Hall–Kier alpha value is -5.92. The fourth-order valence-corrected chi connectivity index (χ4v) is 4.08. The van der Waals surface area contributed by atoms with Crippen LogP contribution in [0.2, 0.25) is 5.15 Å². The zero-order valence-electron chi connectivity index (χ0n) is 24.4. The Morgan fingerprint density at radius 1 is 0.750 bits per heavy atom. The summed E-state index contributed by atoms with van der Waals surface area (Å²) in [6.45, 7) is 9.01. The van der Waals surface area contributed by atoms with Gasteiger partial charge in [0.1, 0.15) is 16.5 Å². The summed E-state index contributed by atoms with van der Waals surface area (Å²) >= 11 is 6.02. The van der Waals surface area contributed by atoms with Crippen molar-refractivity contribution < 1.29 is 9.59 Å². The number of amides is 2. The second-order valence-corrected chi connectivity index (χ2v) is 9.70. The molecule has 44 heavy (non-hydrogen) atoms. The molecule has 0 aliphatic heterocycles. The lowest BCUT2D eigenvalue weighted by molar-refractivity contribution is 0.0980. The normalized spacial score (nSPS) is 10.2. The number of pyridine rings is 1. The molecule has 5 aromatic heterocycles. The number of terminal acetylenes is 1. The SMILES string of the molecule is C#Cc1nc(C(N)=O)n(-c2cnc(C)cn2)c1C.Cc1cnc(-n2c(C(N)=O)nc(C#Cc3ccnc(Cl)c3C)c2C)cn1. The van der Waals surface area contributed by atoms with Gasteiger partial charge in [-0.05, 0) is 52.5 Å². The van der Waals surface area contributed by atoms with Crippen molar-refractivity contribution in [3.8, 4) is 35.8 Å². The van der Waals surface area contributed by atoms with Gasteiger partial charge >= 0.3 is 0 Å². The van der Waals surface area contributed by atoms with Crippen molar-refractivity contribution in [3.05, 3.63) is 99.1 Å². The van der Waals surface area contributed by atoms with E-state index in [1.54, 1.807) is 49.3 Å². The summed E-state index contributed by atoms with van der Waals surface area (Å²) in [7, 11) is 0. The summed E-state index contributed by atoms with van der Waals surface area (Å²) in [6, 6.07) is 1.76. The van der Waals surface area contributed by atoms with Gasteiger partial charge in [-0.1, -0.05) is 17.5 Å². The maximum atomic E-state index is 11.8. The summed E-state index contributed by atoms with van der Waals surface area (Å²) < 4.78 is 3.05. The van der Waals surface area contributed by atoms with Crippen molar-refractivity contribution in [1.29, 1.82) is 0 Å². The summed E-state index contributed by atoms with van der Waals surface area (Å²) in [5, 5.41) is 0.395. The molecule has 0 unspecified atom stereocenters. The highest BCUT2D eigenvalue weighted by Gasteiger charge is 2.20. The maximum absolute atomic E-state index is 11.8. The van der Waals surface area contributed by atoms with E-state index in [9.17, 15) is 9.59 Å². The van der Waals surface area contributed by atoms with Gasteiger partial charge in [0.25, 0.3) is 11.8 Å². The van der Waals surface area contributed by atoms with E-state index in [2.05, 4.69) is 52.6 Å². The summed E-state index contributed by atoms with van der Waals surface area (Å²) in [4.78, 5) is 52.3. The third-order valence-corrected chi connectivity index (χ3v) is 6.62. The molecule has 0 atom stereocenters. The number of primary amides is 2. The van der Waals surface area contributed by atoms with Gasteiger partial charge in [-0.2, -0.15) is 0 Å². The van der Waals surface area contributed by atoms with Crippen LogP contribution in [-0.2, 0) is 0 Å². The Balaban J connectivity index is 0.000000215. The van der Waals surface area contributed by atoms with Crippen molar-refractivity contribution in [2.75, 3.05) is 0 Å². The molecule has 14 heteroatoms. The Labute approximate surface area is 257 Å². The molecule has 5 aromatic rings.